The number of halogens is 1. The molecule has 0 aromatic carbocycles. The van der Waals surface area contributed by atoms with E-state index in [0.29, 0.717) is 6.13 Å². The summed E-state index contributed by atoms with van der Waals surface area (Å²) in [6.45, 7) is 2.29. The summed E-state index contributed by atoms with van der Waals surface area (Å²) in [7, 11) is 0. The molecule has 2 heteroatoms. The van der Waals surface area contributed by atoms with E-state index in [1.807, 2.05) is 0 Å². The molecule has 0 unspecified atom stereocenters. The van der Waals surface area contributed by atoms with Gasteiger partial charge in [-0.3, -0.25) is 0 Å². The Morgan fingerprint density at radius 3 is 2.18 bits per heavy atom. The molecule has 0 aliphatic heterocycles. The molecule has 0 heterocycles. The van der Waals surface area contributed by atoms with Crippen LogP contribution in [-0.4, -0.2) is 6.13 Å². The van der Waals surface area contributed by atoms with Gasteiger partial charge in [-0.1, -0.05) is 89.1 Å². The lowest BCUT2D eigenvalue weighted by molar-refractivity contribution is 0.409. The van der Waals surface area contributed by atoms with Crippen LogP contribution in [0.1, 0.15) is 103 Å². The maximum Gasteiger partial charge on any atom is 0.282 e. The average molecular weight is 323 g/mol. The lowest BCUT2D eigenvalue weighted by Gasteiger charge is -2.31. The Balaban J connectivity index is 1.94. The summed E-state index contributed by atoms with van der Waals surface area (Å²) >= 11 is 7.03. The summed E-state index contributed by atoms with van der Waals surface area (Å²) in [4.78, 5) is 0. The predicted molar refractivity (Wildman–Crippen MR) is 102 cm³/mol. The van der Waals surface area contributed by atoms with E-state index < -0.39 is 0 Å². The molecule has 126 valence electrons. The molecule has 2 fully saturated rings. The van der Waals surface area contributed by atoms with Crippen molar-refractivity contribution in [2.45, 2.75) is 109 Å². The Bertz CT molecular complexity index is 314. The maximum absolute atomic E-state index is 7.03. The fourth-order valence-electron chi connectivity index (χ4n) is 4.48. The van der Waals surface area contributed by atoms with E-state index in [4.69, 9.17) is 11.5 Å². The molecule has 0 spiro atoms. The van der Waals surface area contributed by atoms with Crippen molar-refractivity contribution in [3.05, 3.63) is 11.5 Å². The van der Waals surface area contributed by atoms with Crippen molar-refractivity contribution in [3.63, 3.8) is 0 Å². The van der Waals surface area contributed by atoms with Crippen LogP contribution in [-0.2, 0) is 0 Å². The van der Waals surface area contributed by atoms with Crippen LogP contribution in [0.15, 0.2) is 11.5 Å². The van der Waals surface area contributed by atoms with Crippen LogP contribution < -0.4 is 0 Å². The van der Waals surface area contributed by atoms with Gasteiger partial charge in [0.05, 0.1) is 0 Å². The second-order valence-electron chi connectivity index (χ2n) is 7.69. The number of rotatable bonds is 8. The molecular formula is C20H36BCl. The van der Waals surface area contributed by atoms with Crippen molar-refractivity contribution in [2.75, 3.05) is 0 Å². The lowest BCUT2D eigenvalue weighted by atomic mass is 9.49. The van der Waals surface area contributed by atoms with Gasteiger partial charge in [0, 0.05) is 0 Å². The van der Waals surface area contributed by atoms with Gasteiger partial charge < -0.3 is 0 Å². The van der Waals surface area contributed by atoms with Crippen LogP contribution >= 0.6 is 11.5 Å². The van der Waals surface area contributed by atoms with Gasteiger partial charge in [-0.15, -0.1) is 0 Å². The van der Waals surface area contributed by atoms with Crippen LogP contribution in [0.25, 0.3) is 0 Å². The van der Waals surface area contributed by atoms with Gasteiger partial charge >= 0.3 is 0 Å². The van der Waals surface area contributed by atoms with Crippen molar-refractivity contribution in [2.24, 2.45) is 5.92 Å². The molecule has 2 aliphatic carbocycles. The largest absolute Gasteiger partial charge is 0.282 e. The molecule has 0 saturated heterocycles. The molecule has 2 saturated carbocycles. The lowest BCUT2D eigenvalue weighted by Crippen LogP contribution is -2.26. The standard InChI is InChI=1S/C20H36BCl/c1-2-3-4-5-12-17-20(18-13-8-6-9-14-18)21(22)19-15-10-7-11-16-19/h17-19H,2-16H2,1H3/b20-17-. The van der Waals surface area contributed by atoms with Crippen LogP contribution in [0.5, 0.6) is 0 Å². The van der Waals surface area contributed by atoms with E-state index in [1.165, 1.54) is 96.3 Å². The Morgan fingerprint density at radius 2 is 1.55 bits per heavy atom. The molecule has 0 atom stereocenters. The van der Waals surface area contributed by atoms with Gasteiger partial charge in [-0.25, -0.2) is 0 Å². The minimum absolute atomic E-state index is 0.342. The highest BCUT2D eigenvalue weighted by atomic mass is 35.5. The van der Waals surface area contributed by atoms with E-state index in [9.17, 15) is 0 Å². The topological polar surface area (TPSA) is 0 Å². The Morgan fingerprint density at radius 1 is 0.909 bits per heavy atom. The smallest absolute Gasteiger partial charge is 0.189 e. The second kappa shape index (κ2) is 10.8. The number of unbranched alkanes of at least 4 members (excludes halogenated alkanes) is 4. The molecule has 2 rings (SSSR count). The summed E-state index contributed by atoms with van der Waals surface area (Å²) in [5, 5.41) is 0. The number of hydrogen-bond donors (Lipinski definition) is 0. The molecule has 0 amide bonds. The minimum atomic E-state index is 0.342. The van der Waals surface area contributed by atoms with Gasteiger partial charge in [-0.2, -0.15) is 11.5 Å². The van der Waals surface area contributed by atoms with E-state index >= 15 is 0 Å². The number of allylic oxidation sites excluding steroid dienone is 2. The van der Waals surface area contributed by atoms with Crippen molar-refractivity contribution >= 4 is 17.6 Å². The molecular weight excluding hydrogens is 286 g/mol. The highest BCUT2D eigenvalue weighted by Crippen LogP contribution is 2.40. The zero-order valence-corrected chi connectivity index (χ0v) is 15.5. The average Bonchev–Trinajstić information content (AvgIpc) is 2.59. The van der Waals surface area contributed by atoms with Crippen LogP contribution in [0.3, 0.4) is 0 Å². The summed E-state index contributed by atoms with van der Waals surface area (Å²) in [5.41, 5.74) is 1.66. The zero-order chi connectivity index (χ0) is 15.6. The fourth-order valence-corrected chi connectivity index (χ4v) is 5.00. The van der Waals surface area contributed by atoms with E-state index in [0.717, 1.165) is 11.7 Å². The molecule has 0 bridgehead atoms. The Labute approximate surface area is 144 Å². The van der Waals surface area contributed by atoms with Gasteiger partial charge in [0.25, 0.3) is 6.13 Å². The summed E-state index contributed by atoms with van der Waals surface area (Å²) in [6.07, 6.45) is 23.7. The van der Waals surface area contributed by atoms with Crippen LogP contribution in [0.2, 0.25) is 5.82 Å². The Hall–Kier alpha value is 0.0949. The van der Waals surface area contributed by atoms with Crippen molar-refractivity contribution in [1.29, 1.82) is 0 Å². The summed E-state index contributed by atoms with van der Waals surface area (Å²) < 4.78 is 0. The molecule has 0 nitrogen and oxygen atoms in total. The monoisotopic (exact) mass is 322 g/mol. The molecule has 22 heavy (non-hydrogen) atoms. The predicted octanol–water partition coefficient (Wildman–Crippen LogP) is 7.57. The molecule has 0 N–H and O–H groups in total. The van der Waals surface area contributed by atoms with E-state index in [1.54, 1.807) is 5.47 Å². The third-order valence-electron chi connectivity index (χ3n) is 5.90. The van der Waals surface area contributed by atoms with E-state index in [-0.39, 0.29) is 0 Å². The van der Waals surface area contributed by atoms with Gasteiger partial charge in [-0.05, 0) is 37.4 Å². The summed E-state index contributed by atoms with van der Waals surface area (Å²) in [5.74, 6) is 1.57. The van der Waals surface area contributed by atoms with Crippen LogP contribution in [0.4, 0.5) is 0 Å². The number of hydrogen-bond acceptors (Lipinski definition) is 0. The summed E-state index contributed by atoms with van der Waals surface area (Å²) in [6, 6.07) is 0. The van der Waals surface area contributed by atoms with Crippen molar-refractivity contribution in [3.8, 4) is 0 Å². The second-order valence-corrected chi connectivity index (χ2v) is 8.16. The third kappa shape index (κ3) is 5.95. The van der Waals surface area contributed by atoms with Gasteiger partial charge in [0.15, 0.2) is 0 Å². The molecule has 2 aliphatic rings. The zero-order valence-electron chi connectivity index (χ0n) is 14.8. The molecule has 0 radical (unpaired) electrons. The van der Waals surface area contributed by atoms with Gasteiger partial charge in [0.1, 0.15) is 0 Å². The normalized spacial score (nSPS) is 22.0. The fraction of sp³-hybridized carbons (Fsp3) is 0.900. The van der Waals surface area contributed by atoms with Crippen molar-refractivity contribution in [1.82, 2.24) is 0 Å². The first kappa shape index (κ1) is 18.4. The van der Waals surface area contributed by atoms with E-state index in [2.05, 4.69) is 13.0 Å². The first-order chi connectivity index (χ1) is 10.8. The third-order valence-corrected chi connectivity index (χ3v) is 6.50. The quantitative estimate of drug-likeness (QED) is 0.319. The van der Waals surface area contributed by atoms with Crippen LogP contribution in [0, 0.1) is 5.92 Å². The first-order valence-corrected chi connectivity index (χ1v) is 10.6. The molecule has 0 aromatic rings. The first-order valence-electron chi connectivity index (χ1n) is 10.2. The molecule has 0 aromatic heterocycles. The SMILES string of the molecule is CCCCCC/C=C(\B(Cl)C1CCCCC1)C1CCCCC1. The highest BCUT2D eigenvalue weighted by molar-refractivity contribution is 7.11. The maximum atomic E-state index is 7.03. The Kier molecular flexibility index (Phi) is 9.04. The minimum Gasteiger partial charge on any atom is -0.189 e. The van der Waals surface area contributed by atoms with Crippen molar-refractivity contribution < 1.29 is 0 Å². The van der Waals surface area contributed by atoms with Gasteiger partial charge in [0.2, 0.25) is 0 Å². The highest BCUT2D eigenvalue weighted by Gasteiger charge is 2.32.